The van der Waals surface area contributed by atoms with E-state index >= 15 is 0 Å². The standard InChI is InChI=1S/C43H54OSi/c1-10-30-17-21-32(22-18-30)35-14-12-16-37-40(35)26-38(28(2)3)42(37)45(8,9)41-29(4)25-39-34(13-11-15-36(39)41)33-23-19-31(20-24-33)27-44-43(5,6)7/h11-26,28,36-37,39-42H,10,27H2,1-9H3. The summed E-state index contributed by atoms with van der Waals surface area (Å²) >= 11 is 0. The number of benzene rings is 2. The van der Waals surface area contributed by atoms with Crippen molar-refractivity contribution in [3.63, 3.8) is 0 Å². The van der Waals surface area contributed by atoms with E-state index in [1.165, 1.54) is 33.4 Å². The molecular formula is C43H54OSi. The van der Waals surface area contributed by atoms with E-state index < -0.39 is 8.07 Å². The lowest BCUT2D eigenvalue weighted by Gasteiger charge is -2.46. The molecule has 0 spiro atoms. The molecule has 2 heteroatoms. The quantitative estimate of drug-likeness (QED) is 0.212. The molecule has 0 fully saturated rings. The zero-order chi connectivity index (χ0) is 32.1. The van der Waals surface area contributed by atoms with Crippen LogP contribution in [0, 0.1) is 29.6 Å². The lowest BCUT2D eigenvalue weighted by molar-refractivity contribution is -0.0149. The second-order valence-corrected chi connectivity index (χ2v) is 20.8. The Kier molecular flexibility index (Phi) is 8.78. The Balaban J connectivity index is 1.27. The minimum Gasteiger partial charge on any atom is -0.371 e. The Morgan fingerprint density at radius 1 is 0.733 bits per heavy atom. The van der Waals surface area contributed by atoms with Crippen LogP contribution >= 0.6 is 0 Å². The maximum atomic E-state index is 6.04. The highest BCUT2D eigenvalue weighted by Crippen LogP contribution is 2.62. The highest BCUT2D eigenvalue weighted by Gasteiger charge is 2.54. The molecule has 236 valence electrons. The summed E-state index contributed by atoms with van der Waals surface area (Å²) in [6.07, 6.45) is 21.0. The predicted molar refractivity (Wildman–Crippen MR) is 197 cm³/mol. The third kappa shape index (κ3) is 6.13. The molecule has 2 aromatic carbocycles. The van der Waals surface area contributed by atoms with E-state index in [9.17, 15) is 0 Å². The molecule has 0 bridgehead atoms. The fourth-order valence-electron chi connectivity index (χ4n) is 9.07. The molecule has 0 aliphatic heterocycles. The van der Waals surface area contributed by atoms with Crippen molar-refractivity contribution in [1.82, 2.24) is 0 Å². The van der Waals surface area contributed by atoms with Crippen LogP contribution in [-0.4, -0.2) is 13.7 Å². The predicted octanol–water partition coefficient (Wildman–Crippen LogP) is 11.6. The van der Waals surface area contributed by atoms with Crippen LogP contribution in [0.25, 0.3) is 11.1 Å². The van der Waals surface area contributed by atoms with Crippen LogP contribution in [0.1, 0.15) is 70.7 Å². The molecule has 45 heavy (non-hydrogen) atoms. The average Bonchev–Trinajstić information content (AvgIpc) is 3.59. The first-order valence-corrected chi connectivity index (χ1v) is 20.5. The summed E-state index contributed by atoms with van der Waals surface area (Å²) in [5.74, 6) is 2.56. The Morgan fingerprint density at radius 3 is 1.76 bits per heavy atom. The summed E-state index contributed by atoms with van der Waals surface area (Å²) in [5.41, 5.74) is 12.8. The number of aryl methyl sites for hydroxylation is 1. The van der Waals surface area contributed by atoms with E-state index in [1.54, 1.807) is 11.1 Å². The molecule has 4 aliphatic carbocycles. The highest BCUT2D eigenvalue weighted by molar-refractivity contribution is 6.81. The monoisotopic (exact) mass is 614 g/mol. The van der Waals surface area contributed by atoms with Gasteiger partial charge in [-0.2, -0.15) is 0 Å². The fourth-order valence-corrected chi connectivity index (χ4v) is 14.6. The molecule has 0 N–H and O–H groups in total. The van der Waals surface area contributed by atoms with Gasteiger partial charge in [0.15, 0.2) is 0 Å². The van der Waals surface area contributed by atoms with Crippen LogP contribution in [0.3, 0.4) is 0 Å². The smallest absolute Gasteiger partial charge is 0.0724 e. The van der Waals surface area contributed by atoms with Gasteiger partial charge in [-0.15, -0.1) is 0 Å². The number of hydrogen-bond donors (Lipinski definition) is 0. The molecule has 0 saturated heterocycles. The molecule has 0 heterocycles. The number of allylic oxidation sites excluding steroid dienone is 12. The van der Waals surface area contributed by atoms with Crippen LogP contribution in [0.15, 0.2) is 108 Å². The SMILES string of the molecule is CCc1ccc(C2=CC=CC3C2C=C(C(C)C)C3[Si](C)(C)C2C(C)=CC3C(c4ccc(COC(C)(C)C)cc4)=CC=CC32)cc1. The van der Waals surface area contributed by atoms with Gasteiger partial charge in [-0.1, -0.05) is 142 Å². The van der Waals surface area contributed by atoms with Crippen molar-refractivity contribution in [3.05, 3.63) is 131 Å². The first kappa shape index (κ1) is 32.0. The molecule has 0 saturated carbocycles. The van der Waals surface area contributed by atoms with Crippen LogP contribution in [0.5, 0.6) is 0 Å². The minimum atomic E-state index is -1.87. The zero-order valence-corrected chi connectivity index (χ0v) is 30.1. The highest BCUT2D eigenvalue weighted by atomic mass is 28.3. The maximum absolute atomic E-state index is 6.04. The van der Waals surface area contributed by atoms with Gasteiger partial charge in [-0.3, -0.25) is 0 Å². The first-order valence-electron chi connectivity index (χ1n) is 17.4. The van der Waals surface area contributed by atoms with E-state index in [1.807, 2.05) is 0 Å². The van der Waals surface area contributed by atoms with Gasteiger partial charge in [0.25, 0.3) is 0 Å². The minimum absolute atomic E-state index is 0.129. The zero-order valence-electron chi connectivity index (χ0n) is 29.1. The number of rotatable bonds is 8. The van der Waals surface area contributed by atoms with Gasteiger partial charge in [0.2, 0.25) is 0 Å². The van der Waals surface area contributed by atoms with E-state index in [4.69, 9.17) is 4.74 Å². The summed E-state index contributed by atoms with van der Waals surface area (Å²) < 4.78 is 6.04. The van der Waals surface area contributed by atoms with E-state index in [2.05, 4.69) is 159 Å². The molecule has 6 atom stereocenters. The van der Waals surface area contributed by atoms with Gasteiger partial charge >= 0.3 is 0 Å². The van der Waals surface area contributed by atoms with Gasteiger partial charge in [0.1, 0.15) is 0 Å². The summed E-state index contributed by atoms with van der Waals surface area (Å²) in [6, 6.07) is 18.5. The third-order valence-electron chi connectivity index (χ3n) is 11.1. The Hall–Kier alpha value is -2.94. The molecule has 4 aliphatic rings. The fraction of sp³-hybridized carbons (Fsp3) is 0.442. The summed E-state index contributed by atoms with van der Waals surface area (Å²) in [4.78, 5) is 0. The lowest BCUT2D eigenvalue weighted by Crippen LogP contribution is -2.45. The largest absolute Gasteiger partial charge is 0.371 e. The molecule has 6 rings (SSSR count). The molecule has 0 amide bonds. The van der Waals surface area contributed by atoms with Gasteiger partial charge in [0.05, 0.1) is 20.3 Å². The average molecular weight is 615 g/mol. The molecule has 6 unspecified atom stereocenters. The molecule has 0 radical (unpaired) electrons. The van der Waals surface area contributed by atoms with Gasteiger partial charge in [0, 0.05) is 11.8 Å². The Labute approximate surface area is 274 Å². The van der Waals surface area contributed by atoms with E-state index in [0.29, 0.717) is 47.3 Å². The van der Waals surface area contributed by atoms with Crippen molar-refractivity contribution in [2.24, 2.45) is 29.6 Å². The molecule has 2 aromatic rings. The molecule has 0 aromatic heterocycles. The number of fused-ring (bicyclic) bond motifs is 2. The Morgan fingerprint density at radius 2 is 1.24 bits per heavy atom. The lowest BCUT2D eigenvalue weighted by atomic mass is 9.80. The van der Waals surface area contributed by atoms with Crippen LogP contribution < -0.4 is 0 Å². The molecule has 1 nitrogen and oxygen atoms in total. The van der Waals surface area contributed by atoms with Crippen LogP contribution in [0.4, 0.5) is 0 Å². The second kappa shape index (κ2) is 12.3. The van der Waals surface area contributed by atoms with Gasteiger partial charge < -0.3 is 4.74 Å². The molecular weight excluding hydrogens is 561 g/mol. The number of hydrogen-bond acceptors (Lipinski definition) is 1. The topological polar surface area (TPSA) is 9.23 Å². The van der Waals surface area contributed by atoms with Crippen molar-refractivity contribution >= 4 is 19.2 Å². The summed E-state index contributed by atoms with van der Waals surface area (Å²) in [5, 5.41) is 0. The maximum Gasteiger partial charge on any atom is 0.0724 e. The third-order valence-corrected chi connectivity index (χ3v) is 15.9. The second-order valence-electron chi connectivity index (χ2n) is 15.9. The van der Waals surface area contributed by atoms with Crippen molar-refractivity contribution in [2.45, 2.75) is 91.3 Å². The van der Waals surface area contributed by atoms with Crippen molar-refractivity contribution in [3.8, 4) is 0 Å². The van der Waals surface area contributed by atoms with E-state index in [0.717, 1.165) is 6.42 Å². The van der Waals surface area contributed by atoms with Crippen LogP contribution in [0.2, 0.25) is 24.2 Å². The normalized spacial score (nSPS) is 27.6. The van der Waals surface area contributed by atoms with Crippen molar-refractivity contribution < 1.29 is 4.74 Å². The van der Waals surface area contributed by atoms with Crippen LogP contribution in [-0.2, 0) is 17.8 Å². The van der Waals surface area contributed by atoms with Crippen molar-refractivity contribution in [2.75, 3.05) is 0 Å². The first-order chi connectivity index (χ1) is 21.4. The number of ether oxygens (including phenoxy) is 1. The van der Waals surface area contributed by atoms with Gasteiger partial charge in [-0.05, 0) is 96.4 Å². The van der Waals surface area contributed by atoms with Gasteiger partial charge in [-0.25, -0.2) is 0 Å². The summed E-state index contributed by atoms with van der Waals surface area (Å²) in [7, 11) is -1.87. The van der Waals surface area contributed by atoms with Crippen molar-refractivity contribution in [1.29, 1.82) is 0 Å². The van der Waals surface area contributed by atoms with E-state index in [-0.39, 0.29) is 5.60 Å². The Bertz CT molecular complexity index is 1580. The summed E-state index contributed by atoms with van der Waals surface area (Å²) in [6.45, 7) is 22.0.